The molecule has 66 heavy (non-hydrogen) atoms. The van der Waals surface area contributed by atoms with Crippen molar-refractivity contribution in [2.24, 2.45) is 0 Å². The van der Waals surface area contributed by atoms with Gasteiger partial charge in [0.15, 0.2) is 0 Å². The number of hydrogen-bond acceptors (Lipinski definition) is 0. The Bertz CT molecular complexity index is 2640. The van der Waals surface area contributed by atoms with Gasteiger partial charge in [-0.2, -0.15) is 0 Å². The van der Waals surface area contributed by atoms with Crippen LogP contribution in [0.5, 0.6) is 0 Å². The van der Waals surface area contributed by atoms with Gasteiger partial charge in [0.25, 0.3) is 0 Å². The van der Waals surface area contributed by atoms with Crippen molar-refractivity contribution in [3.63, 3.8) is 0 Å². The van der Waals surface area contributed by atoms with Crippen LogP contribution in [-0.2, 0) is 44.8 Å². The van der Waals surface area contributed by atoms with Gasteiger partial charge in [0.05, 0.1) is 49.4 Å². The third-order valence-electron chi connectivity index (χ3n) is 13.0. The van der Waals surface area contributed by atoms with Gasteiger partial charge < -0.3 is 12.8 Å². The maximum atomic E-state index is 7.25. The predicted molar refractivity (Wildman–Crippen MR) is 290 cm³/mol. The molecule has 334 valence electrons. The largest absolute Gasteiger partial charge is 1.00 e. The first-order chi connectivity index (χ1) is 31.2. The molecular formula is C60H56Au2P2Si2+2. The number of unbranched alkanes of at least 4 members (excludes halogenated alkanes) is 1. The maximum absolute atomic E-state index is 7.25. The minimum atomic E-state index is -1.51. The molecule has 0 saturated heterocycles. The molecule has 0 bridgehead atoms. The summed E-state index contributed by atoms with van der Waals surface area (Å²) in [4.78, 5) is 0. The van der Waals surface area contributed by atoms with Gasteiger partial charge in [0.2, 0.25) is 0 Å². The van der Waals surface area contributed by atoms with Crippen LogP contribution in [0.3, 0.4) is 0 Å². The van der Waals surface area contributed by atoms with Gasteiger partial charge in [-0.1, -0.05) is 160 Å². The van der Waals surface area contributed by atoms with E-state index in [4.69, 9.17) is 12.8 Å². The summed E-state index contributed by atoms with van der Waals surface area (Å²) < 4.78 is 0. The van der Waals surface area contributed by atoms with Gasteiger partial charge in [0, 0.05) is 0 Å². The summed E-state index contributed by atoms with van der Waals surface area (Å²) in [5.41, 5.74) is 7.08. The Labute approximate surface area is 430 Å². The van der Waals surface area contributed by atoms with Crippen LogP contribution in [0.15, 0.2) is 206 Å². The monoisotopic (exact) mass is 1290 g/mol. The van der Waals surface area contributed by atoms with Crippen molar-refractivity contribution in [2.45, 2.75) is 39.0 Å². The first kappa shape index (κ1) is 51.1. The Balaban J connectivity index is 0.000000172. The van der Waals surface area contributed by atoms with Crippen molar-refractivity contribution < 1.29 is 44.8 Å². The van der Waals surface area contributed by atoms with Gasteiger partial charge in [-0.25, -0.2) is 0 Å². The Morgan fingerprint density at radius 1 is 0.348 bits per heavy atom. The fourth-order valence-corrected chi connectivity index (χ4v) is 21.2. The van der Waals surface area contributed by atoms with Gasteiger partial charge in [-0.05, 0) is 104 Å². The van der Waals surface area contributed by atoms with Crippen LogP contribution in [0, 0.1) is 24.7 Å². The molecule has 10 rings (SSSR count). The molecule has 2 aliphatic rings. The third-order valence-corrected chi connectivity index (χ3v) is 26.0. The molecule has 0 aliphatic carbocycles. The van der Waals surface area contributed by atoms with Crippen LogP contribution in [0.25, 0.3) is 22.3 Å². The van der Waals surface area contributed by atoms with E-state index in [0.717, 1.165) is 11.1 Å². The standard InChI is InChI=1S/C28H28P2.2C16H13Si.2Au/c1-5-15-25(16-6-1)29(26-17-7-2-8-18-26)23-13-14-24-30(27-19-9-3-10-20-27)28-21-11-4-12-22-28;2*1-4-12-9-10-16-14(11-12)13-7-5-6-8-15(13)17(16,2)3;;/h1-12,15-22H,13-14,23-24H2;2*5-11H,2-3H3;;/q;2*-1;2*+1/p+2. The normalized spacial score (nSPS) is 12.7. The average molecular weight is 1290 g/mol. The number of fused-ring (bicyclic) bond motifs is 6. The van der Waals surface area contributed by atoms with Crippen LogP contribution in [0.4, 0.5) is 0 Å². The molecule has 0 N–H and O–H groups in total. The summed E-state index contributed by atoms with van der Waals surface area (Å²) >= 11 is 0. The topological polar surface area (TPSA) is 0 Å². The van der Waals surface area contributed by atoms with Crippen LogP contribution in [-0.4, -0.2) is 28.5 Å². The Hall–Kier alpha value is -4.35. The summed E-state index contributed by atoms with van der Waals surface area (Å²) in [7, 11) is -4.44. The molecule has 0 spiro atoms. The Morgan fingerprint density at radius 2 is 0.621 bits per heavy atom. The molecular weight excluding hydrogens is 1230 g/mol. The minimum Gasteiger partial charge on any atom is -0.366 e. The fraction of sp³-hybridized carbons (Fsp3) is 0.133. The van der Waals surface area contributed by atoms with E-state index < -0.39 is 32.0 Å². The van der Waals surface area contributed by atoms with Crippen molar-refractivity contribution >= 4 is 74.0 Å². The smallest absolute Gasteiger partial charge is 0.366 e. The molecule has 2 heterocycles. The number of benzene rings is 8. The summed E-state index contributed by atoms with van der Waals surface area (Å²) in [5, 5.41) is 12.1. The molecule has 0 atom stereocenters. The van der Waals surface area contributed by atoms with Crippen molar-refractivity contribution in [3.05, 3.63) is 230 Å². The molecule has 0 nitrogen and oxygen atoms in total. The van der Waals surface area contributed by atoms with E-state index in [-0.39, 0.29) is 44.8 Å². The second-order valence-electron chi connectivity index (χ2n) is 17.7. The van der Waals surface area contributed by atoms with Crippen molar-refractivity contribution in [1.29, 1.82) is 0 Å². The summed E-state index contributed by atoms with van der Waals surface area (Å²) in [6.07, 6.45) is 19.7. The van der Waals surface area contributed by atoms with Crippen LogP contribution in [0.2, 0.25) is 26.2 Å². The van der Waals surface area contributed by atoms with E-state index in [9.17, 15) is 0 Å². The zero-order valence-corrected chi connectivity index (χ0v) is 46.4. The zero-order valence-electron chi connectivity index (χ0n) is 38.1. The fourth-order valence-electron chi connectivity index (χ4n) is 9.67. The van der Waals surface area contributed by atoms with Gasteiger partial charge in [-0.3, -0.25) is 11.8 Å². The van der Waals surface area contributed by atoms with E-state index in [1.54, 1.807) is 0 Å². The van der Waals surface area contributed by atoms with E-state index in [1.165, 1.54) is 89.4 Å². The van der Waals surface area contributed by atoms with Crippen LogP contribution < -0.4 is 42.0 Å². The average Bonchev–Trinajstić information content (AvgIpc) is 3.72. The molecule has 0 saturated carbocycles. The predicted octanol–water partition coefficient (Wildman–Crippen LogP) is 10.3. The minimum absolute atomic E-state index is 0. The molecule has 6 heteroatoms. The second kappa shape index (κ2) is 23.6. The molecule has 0 amide bonds. The van der Waals surface area contributed by atoms with Crippen LogP contribution >= 0.6 is 15.8 Å². The molecule has 8 aromatic carbocycles. The zero-order chi connectivity index (χ0) is 44.5. The Kier molecular flexibility index (Phi) is 18.2. The number of hydrogen-bond donors (Lipinski definition) is 0. The molecule has 0 fully saturated rings. The van der Waals surface area contributed by atoms with Gasteiger partial charge >= 0.3 is 44.8 Å². The summed E-state index contributed by atoms with van der Waals surface area (Å²) in [6, 6.07) is 74.6. The maximum Gasteiger partial charge on any atom is 1.00 e. The quantitative estimate of drug-likeness (QED) is 0.0444. The molecule has 8 aromatic rings. The molecule has 0 radical (unpaired) electrons. The van der Waals surface area contributed by atoms with E-state index in [1.807, 2.05) is 12.1 Å². The van der Waals surface area contributed by atoms with Crippen LogP contribution in [0.1, 0.15) is 24.0 Å². The number of rotatable bonds is 9. The molecule has 0 unspecified atom stereocenters. The van der Waals surface area contributed by atoms with E-state index in [0.29, 0.717) is 0 Å². The Morgan fingerprint density at radius 3 is 0.924 bits per heavy atom. The summed E-state index contributed by atoms with van der Waals surface area (Å²) in [6.45, 7) is 9.58. The first-order valence-electron chi connectivity index (χ1n) is 22.5. The summed E-state index contributed by atoms with van der Waals surface area (Å²) in [5.74, 6) is 4.96. The van der Waals surface area contributed by atoms with Crippen molar-refractivity contribution in [1.82, 2.24) is 0 Å². The SMILES string of the molecule is [Au+].[Au+].[C-]#Cc1ccc2c(c1)-c1ccccc1[Si]2(C)C.[C-]#Cc1ccc2c(c1)-c1ccccc1[Si]2(C)C.c1ccc([PH+](CCCC[PH+](c2ccccc2)c2ccccc2)c2ccccc2)cc1. The van der Waals surface area contributed by atoms with Crippen molar-refractivity contribution in [3.8, 4) is 34.1 Å². The van der Waals surface area contributed by atoms with Gasteiger partial charge in [0.1, 0.15) is 16.1 Å². The van der Waals surface area contributed by atoms with E-state index >= 15 is 0 Å². The van der Waals surface area contributed by atoms with Crippen molar-refractivity contribution in [2.75, 3.05) is 12.3 Å². The molecule has 2 aliphatic heterocycles. The first-order valence-corrected chi connectivity index (χ1v) is 31.9. The van der Waals surface area contributed by atoms with Gasteiger partial charge in [-0.15, -0.1) is 35.4 Å². The van der Waals surface area contributed by atoms with E-state index in [2.05, 4.69) is 232 Å². The third kappa shape index (κ3) is 11.3. The second-order valence-corrected chi connectivity index (χ2v) is 31.6. The molecule has 0 aromatic heterocycles.